The fourth-order valence-electron chi connectivity index (χ4n) is 3.93. The molecule has 0 aliphatic heterocycles. The molecule has 0 atom stereocenters. The number of pyridine rings is 1. The van der Waals surface area contributed by atoms with Crippen LogP contribution in [0.25, 0.3) is 11.0 Å². The van der Waals surface area contributed by atoms with Crippen molar-refractivity contribution >= 4 is 36.7 Å². The molecule has 0 spiro atoms. The predicted molar refractivity (Wildman–Crippen MR) is 117 cm³/mol. The van der Waals surface area contributed by atoms with Crippen molar-refractivity contribution < 1.29 is 0 Å². The van der Waals surface area contributed by atoms with E-state index in [1.165, 1.54) is 11.8 Å². The second kappa shape index (κ2) is 8.41. The first-order valence-electron chi connectivity index (χ1n) is 9.18. The first-order valence-corrected chi connectivity index (χ1v) is 12.6. The van der Waals surface area contributed by atoms with Gasteiger partial charge < -0.3 is 5.32 Å². The van der Waals surface area contributed by atoms with Gasteiger partial charge in [-0.05, 0) is 28.9 Å². The minimum absolute atomic E-state index is 0.603. The van der Waals surface area contributed by atoms with E-state index in [1.807, 2.05) is 25.6 Å². The molecule has 0 aliphatic carbocycles. The van der Waals surface area contributed by atoms with Gasteiger partial charge in [0.2, 0.25) is 0 Å². The van der Waals surface area contributed by atoms with Gasteiger partial charge in [-0.2, -0.15) is 0 Å². The molecule has 0 amide bonds. The minimum Gasteiger partial charge on any atom is -0.373 e. The molecule has 26 heavy (non-hydrogen) atoms. The van der Waals surface area contributed by atoms with Gasteiger partial charge in [-0.3, -0.25) is 0 Å². The molecule has 2 aromatic heterocycles. The Morgan fingerprint density at radius 3 is 2.15 bits per heavy atom. The summed E-state index contributed by atoms with van der Waals surface area (Å²) in [5.41, 5.74) is 7.27. The van der Waals surface area contributed by atoms with Crippen LogP contribution >= 0.6 is 11.8 Å². The van der Waals surface area contributed by atoms with Gasteiger partial charge >= 0.3 is 0 Å². The van der Waals surface area contributed by atoms with E-state index in [0.717, 1.165) is 21.9 Å². The largest absolute Gasteiger partial charge is 0.373 e. The average Bonchev–Trinajstić information content (AvgIpc) is 2.60. The van der Waals surface area contributed by atoms with Gasteiger partial charge in [-0.15, -0.1) is 5.54 Å². The zero-order valence-electron chi connectivity index (χ0n) is 17.1. The predicted octanol–water partition coefficient (Wildman–Crippen LogP) is 5.36. The molecule has 1 N–H and O–H groups in total. The molecule has 0 aromatic carbocycles. The zero-order chi connectivity index (χ0) is 19.5. The van der Waals surface area contributed by atoms with Crippen molar-refractivity contribution in [2.75, 3.05) is 18.6 Å². The molecule has 0 unspecified atom stereocenters. The smallest absolute Gasteiger partial charge is 0.189 e. The van der Waals surface area contributed by atoms with Crippen molar-refractivity contribution in [1.82, 2.24) is 15.0 Å². The van der Waals surface area contributed by atoms with Crippen LogP contribution in [0.2, 0.25) is 16.6 Å². The first-order chi connectivity index (χ1) is 12.3. The molecule has 0 fully saturated rings. The fraction of sp³-hybridized carbons (Fsp3) is 0.550. The lowest BCUT2D eigenvalue weighted by molar-refractivity contribution is 0.838. The summed E-state index contributed by atoms with van der Waals surface area (Å²) < 4.78 is 0. The van der Waals surface area contributed by atoms with E-state index in [9.17, 15) is 0 Å². The molecule has 2 aromatic rings. The summed E-state index contributed by atoms with van der Waals surface area (Å²) in [7, 11) is 0.0825. The maximum atomic E-state index is 4.58. The summed E-state index contributed by atoms with van der Waals surface area (Å²) in [4.78, 5) is 13.6. The van der Waals surface area contributed by atoms with Gasteiger partial charge in [0.15, 0.2) is 10.8 Å². The monoisotopic (exact) mass is 386 g/mol. The molecule has 2 heterocycles. The number of rotatable bonds is 5. The van der Waals surface area contributed by atoms with E-state index in [4.69, 9.17) is 0 Å². The highest BCUT2D eigenvalue weighted by atomic mass is 32.2. The van der Waals surface area contributed by atoms with Crippen molar-refractivity contribution in [2.45, 2.75) is 63.3 Å². The molecule has 0 radical (unpaired) electrons. The molecule has 6 heteroatoms. The topological polar surface area (TPSA) is 50.7 Å². The maximum Gasteiger partial charge on any atom is 0.189 e. The fourth-order valence-corrected chi connectivity index (χ4v) is 9.48. The number of thioether (sulfide) groups is 1. The summed E-state index contributed by atoms with van der Waals surface area (Å²) in [5.74, 6) is 4.32. The standard InChI is InChI=1S/C20H30N4SSi/c1-13(2)26(14(3)4,15(5)6)10-9-16-11-18(21-7)23-19-17(16)12-22-20(24-19)25-8/h11-15H,1-8H3,(H,21,22,23,24). The Kier molecular flexibility index (Phi) is 6.70. The van der Waals surface area contributed by atoms with Gasteiger partial charge in [-0.25, -0.2) is 15.0 Å². The molecule has 0 bridgehead atoms. The highest BCUT2D eigenvalue weighted by molar-refractivity contribution is 7.98. The number of nitrogens with one attached hydrogen (secondary N) is 1. The van der Waals surface area contributed by atoms with Crippen LogP contribution in [0.3, 0.4) is 0 Å². The molecule has 0 saturated carbocycles. The summed E-state index contributed by atoms with van der Waals surface area (Å²) in [6.07, 6.45) is 3.83. The second-order valence-electron chi connectivity index (χ2n) is 7.55. The van der Waals surface area contributed by atoms with Gasteiger partial charge in [0.1, 0.15) is 13.9 Å². The third-order valence-electron chi connectivity index (χ3n) is 5.26. The van der Waals surface area contributed by atoms with Crippen LogP contribution in [-0.2, 0) is 0 Å². The van der Waals surface area contributed by atoms with E-state index in [0.29, 0.717) is 22.3 Å². The number of nitrogens with zero attached hydrogens (tertiary/aromatic N) is 3. The van der Waals surface area contributed by atoms with Crippen molar-refractivity contribution in [3.63, 3.8) is 0 Å². The van der Waals surface area contributed by atoms with E-state index in [2.05, 4.69) is 73.3 Å². The third-order valence-corrected chi connectivity index (χ3v) is 12.1. The lowest BCUT2D eigenvalue weighted by atomic mass is 10.2. The number of aromatic nitrogens is 3. The van der Waals surface area contributed by atoms with Gasteiger partial charge in [0, 0.05) is 18.8 Å². The van der Waals surface area contributed by atoms with E-state index >= 15 is 0 Å². The summed E-state index contributed by atoms with van der Waals surface area (Å²) in [6.45, 7) is 14.0. The number of anilines is 1. The number of hydrogen-bond donors (Lipinski definition) is 1. The lowest BCUT2D eigenvalue weighted by Crippen LogP contribution is -2.43. The van der Waals surface area contributed by atoms with Crippen LogP contribution in [0.1, 0.15) is 47.1 Å². The quantitative estimate of drug-likeness (QED) is 0.324. The summed E-state index contributed by atoms with van der Waals surface area (Å²) in [5, 5.41) is 4.78. The molecular weight excluding hydrogens is 356 g/mol. The number of fused-ring (bicyclic) bond motifs is 1. The van der Waals surface area contributed by atoms with Crippen LogP contribution < -0.4 is 5.32 Å². The van der Waals surface area contributed by atoms with Gasteiger partial charge in [0.05, 0.1) is 5.39 Å². The zero-order valence-corrected chi connectivity index (χ0v) is 19.0. The van der Waals surface area contributed by atoms with Crippen molar-refractivity contribution in [2.24, 2.45) is 0 Å². The normalized spacial score (nSPS) is 12.0. The molecule has 2 rings (SSSR count). The number of hydrogen-bond acceptors (Lipinski definition) is 5. The summed E-state index contributed by atoms with van der Waals surface area (Å²) >= 11 is 1.52. The van der Waals surface area contributed by atoms with Gasteiger partial charge in [0.25, 0.3) is 0 Å². The first kappa shape index (κ1) is 20.7. The highest BCUT2D eigenvalue weighted by Crippen LogP contribution is 2.40. The SMILES string of the molecule is CNc1cc(C#C[Si](C(C)C)(C(C)C)C(C)C)c2cnc(SC)nc2n1. The highest BCUT2D eigenvalue weighted by Gasteiger charge is 2.41. The van der Waals surface area contributed by atoms with E-state index in [-0.39, 0.29) is 0 Å². The minimum atomic E-state index is -1.79. The average molecular weight is 387 g/mol. The molecule has 0 saturated heterocycles. The van der Waals surface area contributed by atoms with Gasteiger partial charge in [-0.1, -0.05) is 59.2 Å². The Morgan fingerprint density at radius 2 is 1.65 bits per heavy atom. The Balaban J connectivity index is 2.69. The molecule has 140 valence electrons. The Hall–Kier alpha value is -1.58. The molecule has 0 aliphatic rings. The lowest BCUT2D eigenvalue weighted by Gasteiger charge is -2.38. The Labute approximate surface area is 163 Å². The Morgan fingerprint density at radius 1 is 1.04 bits per heavy atom. The molecule has 4 nitrogen and oxygen atoms in total. The molecular formula is C20H30N4SSi. The van der Waals surface area contributed by atoms with Crippen LogP contribution in [-0.4, -0.2) is 36.3 Å². The van der Waals surface area contributed by atoms with E-state index in [1.54, 1.807) is 0 Å². The second-order valence-corrected chi connectivity index (χ2v) is 13.9. The van der Waals surface area contributed by atoms with E-state index < -0.39 is 8.07 Å². The van der Waals surface area contributed by atoms with Crippen molar-refractivity contribution in [3.8, 4) is 11.5 Å². The van der Waals surface area contributed by atoms with Crippen LogP contribution in [0.4, 0.5) is 5.82 Å². The van der Waals surface area contributed by atoms with Crippen LogP contribution in [0.15, 0.2) is 17.4 Å². The third kappa shape index (κ3) is 3.89. The van der Waals surface area contributed by atoms with Crippen molar-refractivity contribution in [1.29, 1.82) is 0 Å². The Bertz CT molecular complexity index is 810. The van der Waals surface area contributed by atoms with Crippen LogP contribution in [0, 0.1) is 11.5 Å². The summed E-state index contributed by atoms with van der Waals surface area (Å²) in [6, 6.07) is 2.01. The van der Waals surface area contributed by atoms with Crippen molar-refractivity contribution in [3.05, 3.63) is 17.8 Å². The maximum absolute atomic E-state index is 4.58. The van der Waals surface area contributed by atoms with Crippen LogP contribution in [0.5, 0.6) is 0 Å².